The van der Waals surface area contributed by atoms with Crippen LogP contribution in [0.1, 0.15) is 25.2 Å². The molecule has 1 heterocycles. The van der Waals surface area contributed by atoms with Crippen LogP contribution < -0.4 is 11.4 Å². The first-order chi connectivity index (χ1) is 9.72. The molecule has 20 heavy (non-hydrogen) atoms. The fourth-order valence-electron chi connectivity index (χ4n) is 2.38. The van der Waals surface area contributed by atoms with Gasteiger partial charge >= 0.3 is 5.69 Å². The second-order valence-corrected chi connectivity index (χ2v) is 4.74. The minimum absolute atomic E-state index is 0.264. The number of nitrogens with two attached hydrogens (primary N) is 1. The van der Waals surface area contributed by atoms with Crippen LogP contribution in [0.3, 0.4) is 0 Å². The van der Waals surface area contributed by atoms with Crippen LogP contribution >= 0.6 is 0 Å². The van der Waals surface area contributed by atoms with Gasteiger partial charge in [-0.1, -0.05) is 43.3 Å². The summed E-state index contributed by atoms with van der Waals surface area (Å²) < 4.78 is 1.57. The van der Waals surface area contributed by atoms with Crippen molar-refractivity contribution in [2.45, 2.75) is 19.4 Å². The Kier molecular flexibility index (Phi) is 3.12. The molecule has 1 aromatic heterocycles. The van der Waals surface area contributed by atoms with E-state index in [9.17, 15) is 4.79 Å². The van der Waals surface area contributed by atoms with Gasteiger partial charge in [0.1, 0.15) is 0 Å². The molecule has 0 saturated carbocycles. The van der Waals surface area contributed by atoms with E-state index in [0.29, 0.717) is 5.82 Å². The zero-order chi connectivity index (χ0) is 14.1. The molecule has 0 spiro atoms. The number of nitrogens with one attached hydrogen (secondary N) is 1. The lowest BCUT2D eigenvalue weighted by Gasteiger charge is -2.12. The van der Waals surface area contributed by atoms with Crippen molar-refractivity contribution in [3.8, 4) is 5.69 Å². The third-order valence-electron chi connectivity index (χ3n) is 3.48. The Morgan fingerprint density at radius 3 is 2.80 bits per heavy atom. The first kappa shape index (κ1) is 12.6. The lowest BCUT2D eigenvalue weighted by molar-refractivity contribution is 0.632. The van der Waals surface area contributed by atoms with Crippen LogP contribution in [0, 0.1) is 0 Å². The molecule has 0 amide bonds. The summed E-state index contributed by atoms with van der Waals surface area (Å²) in [7, 11) is 0. The number of nitrogens with zero attached hydrogens (tertiary/aromatic N) is 2. The normalized spacial score (nSPS) is 12.7. The smallest absolute Gasteiger partial charge is 0.321 e. The van der Waals surface area contributed by atoms with E-state index in [0.717, 1.165) is 22.9 Å². The number of benzene rings is 2. The molecule has 0 saturated heterocycles. The fraction of sp³-hybridized carbons (Fsp3) is 0.200. The number of aromatic amines is 1. The lowest BCUT2D eigenvalue weighted by atomic mass is 10.1. The SMILES string of the molecule is CC[C@H](N)c1n[nH]c(=O)n1-c1cccc2ccccc12. The Balaban J connectivity index is 2.32. The lowest BCUT2D eigenvalue weighted by Crippen LogP contribution is -2.21. The van der Waals surface area contributed by atoms with E-state index in [-0.39, 0.29) is 11.7 Å². The van der Waals surface area contributed by atoms with Crippen molar-refractivity contribution in [2.75, 3.05) is 0 Å². The third-order valence-corrected chi connectivity index (χ3v) is 3.48. The summed E-state index contributed by atoms with van der Waals surface area (Å²) in [5.74, 6) is 0.564. The van der Waals surface area contributed by atoms with Crippen LogP contribution in [0.2, 0.25) is 0 Å². The van der Waals surface area contributed by atoms with E-state index in [2.05, 4.69) is 10.2 Å². The van der Waals surface area contributed by atoms with Gasteiger partial charge in [-0.25, -0.2) is 14.5 Å². The summed E-state index contributed by atoms with van der Waals surface area (Å²) in [6.45, 7) is 1.97. The zero-order valence-corrected chi connectivity index (χ0v) is 11.2. The number of rotatable bonds is 3. The predicted molar refractivity (Wildman–Crippen MR) is 78.9 cm³/mol. The third kappa shape index (κ3) is 1.92. The minimum Gasteiger partial charge on any atom is -0.321 e. The van der Waals surface area contributed by atoms with E-state index in [1.54, 1.807) is 4.57 Å². The Morgan fingerprint density at radius 2 is 2.00 bits per heavy atom. The first-order valence-corrected chi connectivity index (χ1v) is 6.63. The average molecular weight is 268 g/mol. The maximum atomic E-state index is 12.1. The van der Waals surface area contributed by atoms with Crippen molar-refractivity contribution in [3.05, 3.63) is 58.8 Å². The molecule has 0 fully saturated rings. The molecule has 3 rings (SSSR count). The molecule has 3 aromatic rings. The first-order valence-electron chi connectivity index (χ1n) is 6.63. The van der Waals surface area contributed by atoms with Crippen molar-refractivity contribution in [1.29, 1.82) is 0 Å². The number of H-pyrrole nitrogens is 1. The van der Waals surface area contributed by atoms with E-state index >= 15 is 0 Å². The summed E-state index contributed by atoms with van der Waals surface area (Å²) in [6.07, 6.45) is 0.717. The van der Waals surface area contributed by atoms with Gasteiger partial charge in [0.15, 0.2) is 5.82 Å². The van der Waals surface area contributed by atoms with E-state index < -0.39 is 0 Å². The second kappa shape index (κ2) is 4.94. The van der Waals surface area contributed by atoms with Gasteiger partial charge in [0.2, 0.25) is 0 Å². The zero-order valence-electron chi connectivity index (χ0n) is 11.2. The van der Waals surface area contributed by atoms with Crippen LogP contribution in [0.15, 0.2) is 47.3 Å². The minimum atomic E-state index is -0.270. The highest BCUT2D eigenvalue weighted by Gasteiger charge is 2.17. The van der Waals surface area contributed by atoms with E-state index in [1.807, 2.05) is 49.4 Å². The molecule has 0 unspecified atom stereocenters. The standard InChI is InChI=1S/C15H16N4O/c1-2-12(16)14-17-18-15(20)19(14)13-9-5-7-10-6-3-4-8-11(10)13/h3-9,12H,2,16H2,1H3,(H,18,20)/t12-/m0/s1. The number of hydrogen-bond donors (Lipinski definition) is 2. The average Bonchev–Trinajstić information content (AvgIpc) is 2.87. The van der Waals surface area contributed by atoms with Crippen LogP contribution in [0.5, 0.6) is 0 Å². The Bertz CT molecular complexity index is 797. The molecule has 0 bridgehead atoms. The second-order valence-electron chi connectivity index (χ2n) is 4.74. The molecule has 1 atom stereocenters. The highest BCUT2D eigenvalue weighted by Crippen LogP contribution is 2.23. The van der Waals surface area contributed by atoms with Crippen LogP contribution in [0.25, 0.3) is 16.5 Å². The van der Waals surface area contributed by atoms with E-state index in [1.165, 1.54) is 0 Å². The molecule has 3 N–H and O–H groups in total. The largest absolute Gasteiger partial charge is 0.348 e. The monoisotopic (exact) mass is 268 g/mol. The van der Waals surface area contributed by atoms with Crippen molar-refractivity contribution in [3.63, 3.8) is 0 Å². The molecule has 5 heteroatoms. The van der Waals surface area contributed by atoms with Crippen molar-refractivity contribution < 1.29 is 0 Å². The van der Waals surface area contributed by atoms with Crippen molar-refractivity contribution >= 4 is 10.8 Å². The summed E-state index contributed by atoms with van der Waals surface area (Å²) >= 11 is 0. The molecular formula is C15H16N4O. The van der Waals surface area contributed by atoms with Gasteiger partial charge in [-0.05, 0) is 17.9 Å². The van der Waals surface area contributed by atoms with Gasteiger partial charge in [-0.3, -0.25) is 0 Å². The molecule has 0 radical (unpaired) electrons. The molecule has 102 valence electrons. The Labute approximate surface area is 116 Å². The highest BCUT2D eigenvalue weighted by molar-refractivity contribution is 5.90. The quantitative estimate of drug-likeness (QED) is 0.764. The van der Waals surface area contributed by atoms with Crippen molar-refractivity contribution in [1.82, 2.24) is 14.8 Å². The maximum Gasteiger partial charge on any atom is 0.348 e. The molecule has 2 aromatic carbocycles. The van der Waals surface area contributed by atoms with Gasteiger partial charge in [0.05, 0.1) is 11.7 Å². The van der Waals surface area contributed by atoms with Crippen LogP contribution in [-0.2, 0) is 0 Å². The van der Waals surface area contributed by atoms with Gasteiger partial charge in [0, 0.05) is 5.39 Å². The topological polar surface area (TPSA) is 76.7 Å². The predicted octanol–water partition coefficient (Wildman–Crippen LogP) is 2.12. The van der Waals surface area contributed by atoms with Crippen LogP contribution in [-0.4, -0.2) is 14.8 Å². The highest BCUT2D eigenvalue weighted by atomic mass is 16.1. The number of fused-ring (bicyclic) bond motifs is 1. The van der Waals surface area contributed by atoms with Gasteiger partial charge in [0.25, 0.3) is 0 Å². The molecular weight excluding hydrogens is 252 g/mol. The molecule has 5 nitrogen and oxygen atoms in total. The van der Waals surface area contributed by atoms with Crippen LogP contribution in [0.4, 0.5) is 0 Å². The summed E-state index contributed by atoms with van der Waals surface area (Å²) in [5, 5.41) is 8.64. The molecule has 0 aliphatic heterocycles. The molecule has 0 aliphatic carbocycles. The summed E-state index contributed by atoms with van der Waals surface area (Å²) in [5.41, 5.74) is 6.59. The summed E-state index contributed by atoms with van der Waals surface area (Å²) in [6, 6.07) is 13.5. The van der Waals surface area contributed by atoms with Gasteiger partial charge < -0.3 is 5.73 Å². The Morgan fingerprint density at radius 1 is 1.25 bits per heavy atom. The number of hydrogen-bond acceptors (Lipinski definition) is 3. The Hall–Kier alpha value is -2.40. The van der Waals surface area contributed by atoms with E-state index in [4.69, 9.17) is 5.73 Å². The number of aromatic nitrogens is 3. The molecule has 0 aliphatic rings. The van der Waals surface area contributed by atoms with Gasteiger partial charge in [-0.2, -0.15) is 5.10 Å². The fourth-order valence-corrected chi connectivity index (χ4v) is 2.38. The summed E-state index contributed by atoms with van der Waals surface area (Å²) in [4.78, 5) is 12.1. The van der Waals surface area contributed by atoms with Crippen molar-refractivity contribution in [2.24, 2.45) is 5.73 Å². The maximum absolute atomic E-state index is 12.1. The van der Waals surface area contributed by atoms with Gasteiger partial charge in [-0.15, -0.1) is 0 Å².